The molecule has 1 saturated carbocycles. The van der Waals surface area contributed by atoms with E-state index in [1.807, 2.05) is 12.2 Å². The zero-order valence-corrected chi connectivity index (χ0v) is 12.7. The van der Waals surface area contributed by atoms with E-state index >= 15 is 0 Å². The molecule has 0 unspecified atom stereocenters. The van der Waals surface area contributed by atoms with Crippen LogP contribution in [0.3, 0.4) is 0 Å². The lowest BCUT2D eigenvalue weighted by Crippen LogP contribution is -2.36. The van der Waals surface area contributed by atoms with Crippen LogP contribution < -0.4 is 5.32 Å². The van der Waals surface area contributed by atoms with Gasteiger partial charge in [0.2, 0.25) is 5.91 Å². The number of benzene rings is 1. The van der Waals surface area contributed by atoms with Crippen LogP contribution in [-0.2, 0) is 9.59 Å². The average Bonchev–Trinajstić information content (AvgIpc) is 3.07. The third-order valence-corrected chi connectivity index (χ3v) is 4.83. The second-order valence-corrected chi connectivity index (χ2v) is 6.23. The maximum atomic E-state index is 12.5. The maximum Gasteiger partial charge on any atom is 0.337 e. The number of halogens is 1. The highest BCUT2D eigenvalue weighted by Gasteiger charge is 2.51. The Morgan fingerprint density at radius 1 is 1.09 bits per heavy atom. The molecule has 1 amide bonds. The summed E-state index contributed by atoms with van der Waals surface area (Å²) in [5, 5.41) is 21.0. The highest BCUT2D eigenvalue weighted by Crippen LogP contribution is 2.48. The van der Waals surface area contributed by atoms with Crippen LogP contribution in [0.25, 0.3) is 0 Å². The van der Waals surface area contributed by atoms with Gasteiger partial charge in [-0.1, -0.05) is 23.8 Å². The van der Waals surface area contributed by atoms with Gasteiger partial charge in [-0.3, -0.25) is 9.59 Å². The van der Waals surface area contributed by atoms with E-state index in [-0.39, 0.29) is 28.3 Å². The molecular weight excluding hydrogens is 322 g/mol. The van der Waals surface area contributed by atoms with Gasteiger partial charge in [-0.05, 0) is 36.5 Å². The molecule has 6 nitrogen and oxygen atoms in total. The molecule has 1 fully saturated rings. The Morgan fingerprint density at radius 3 is 2.30 bits per heavy atom. The molecule has 0 aliphatic heterocycles. The Bertz CT molecular complexity index is 729. The lowest BCUT2D eigenvalue weighted by Gasteiger charge is -2.23. The molecule has 2 aliphatic carbocycles. The number of nitrogens with one attached hydrogen (secondary N) is 1. The minimum Gasteiger partial charge on any atom is -0.481 e. The number of fused-ring (bicyclic) bond motifs is 2. The molecule has 120 valence electrons. The normalized spacial score (nSPS) is 27.9. The van der Waals surface area contributed by atoms with Gasteiger partial charge in [-0.2, -0.15) is 0 Å². The lowest BCUT2D eigenvalue weighted by molar-refractivity contribution is -0.146. The molecule has 3 N–H and O–H groups in total. The predicted molar refractivity (Wildman–Crippen MR) is 82.4 cm³/mol. The molecule has 23 heavy (non-hydrogen) atoms. The number of hydrogen-bond donors (Lipinski definition) is 3. The molecule has 1 aromatic carbocycles. The summed E-state index contributed by atoms with van der Waals surface area (Å²) >= 11 is 5.87. The summed E-state index contributed by atoms with van der Waals surface area (Å²) < 4.78 is 0. The molecule has 0 spiro atoms. The molecule has 2 aliphatic rings. The highest BCUT2D eigenvalue weighted by molar-refractivity contribution is 6.33. The van der Waals surface area contributed by atoms with Crippen molar-refractivity contribution in [2.45, 2.75) is 6.42 Å². The number of aromatic carboxylic acids is 1. The van der Waals surface area contributed by atoms with Gasteiger partial charge in [0.15, 0.2) is 0 Å². The van der Waals surface area contributed by atoms with Crippen LogP contribution >= 0.6 is 11.6 Å². The Balaban J connectivity index is 1.79. The number of amides is 1. The van der Waals surface area contributed by atoms with Crippen molar-refractivity contribution in [1.29, 1.82) is 0 Å². The van der Waals surface area contributed by atoms with Crippen LogP contribution in [0.4, 0.5) is 5.69 Å². The number of aliphatic carboxylic acids is 1. The Labute approximate surface area is 136 Å². The van der Waals surface area contributed by atoms with E-state index in [9.17, 15) is 19.5 Å². The molecular formula is C16H14ClNO5. The average molecular weight is 336 g/mol. The summed E-state index contributed by atoms with van der Waals surface area (Å²) in [4.78, 5) is 34.8. The SMILES string of the molecule is O=C(O)c1ccc(NC(=O)[C@H]2[C@@H](C(=O)O)[C@H]3C=C[C@H]2C3)cc1Cl. The Hall–Kier alpha value is -2.34. The van der Waals surface area contributed by atoms with Crippen LogP contribution in [0.15, 0.2) is 30.4 Å². The van der Waals surface area contributed by atoms with E-state index in [2.05, 4.69) is 5.32 Å². The van der Waals surface area contributed by atoms with E-state index < -0.39 is 23.8 Å². The molecule has 0 saturated heterocycles. The van der Waals surface area contributed by atoms with Crippen molar-refractivity contribution in [3.63, 3.8) is 0 Å². The predicted octanol–water partition coefficient (Wildman–Crippen LogP) is 2.50. The summed E-state index contributed by atoms with van der Waals surface area (Å²) in [6, 6.07) is 4.09. The standard InChI is InChI=1S/C16H14ClNO5/c17-11-6-9(3-4-10(11)15(20)21)18-14(19)12-7-1-2-8(5-7)13(12)16(22)23/h1-4,6-8,12-13H,5H2,(H,18,19)(H,20,21)(H,22,23)/t7-,8-,12+,13-/m0/s1. The number of carboxylic acid groups (broad SMARTS) is 2. The number of carbonyl (C=O) groups excluding carboxylic acids is 1. The first-order valence-electron chi connectivity index (χ1n) is 7.13. The van der Waals surface area contributed by atoms with Crippen molar-refractivity contribution in [3.05, 3.63) is 40.9 Å². The van der Waals surface area contributed by atoms with E-state index in [0.29, 0.717) is 12.1 Å². The smallest absolute Gasteiger partial charge is 0.337 e. The van der Waals surface area contributed by atoms with Gasteiger partial charge < -0.3 is 15.5 Å². The molecule has 0 aromatic heterocycles. The van der Waals surface area contributed by atoms with Crippen LogP contribution in [0.1, 0.15) is 16.8 Å². The number of carboxylic acids is 2. The molecule has 7 heteroatoms. The number of hydrogen-bond acceptors (Lipinski definition) is 3. The fourth-order valence-electron chi connectivity index (χ4n) is 3.51. The van der Waals surface area contributed by atoms with Gasteiger partial charge in [0.25, 0.3) is 0 Å². The largest absolute Gasteiger partial charge is 0.481 e. The van der Waals surface area contributed by atoms with Crippen molar-refractivity contribution in [1.82, 2.24) is 0 Å². The van der Waals surface area contributed by atoms with E-state index in [1.54, 1.807) is 0 Å². The third kappa shape index (κ3) is 2.70. The zero-order chi connectivity index (χ0) is 16.7. The summed E-state index contributed by atoms with van der Waals surface area (Å²) in [7, 11) is 0. The maximum absolute atomic E-state index is 12.5. The number of rotatable bonds is 4. The summed E-state index contributed by atoms with van der Waals surface area (Å²) in [6.07, 6.45) is 4.44. The Kier molecular flexibility index (Phi) is 3.85. The van der Waals surface area contributed by atoms with Crippen molar-refractivity contribution in [2.24, 2.45) is 23.7 Å². The van der Waals surface area contributed by atoms with Crippen molar-refractivity contribution in [2.75, 3.05) is 5.32 Å². The van der Waals surface area contributed by atoms with E-state index in [4.69, 9.17) is 16.7 Å². The lowest BCUT2D eigenvalue weighted by atomic mass is 9.82. The fraction of sp³-hybridized carbons (Fsp3) is 0.312. The quantitative estimate of drug-likeness (QED) is 0.733. The van der Waals surface area contributed by atoms with Gasteiger partial charge in [-0.25, -0.2) is 4.79 Å². The van der Waals surface area contributed by atoms with Gasteiger partial charge in [0.1, 0.15) is 0 Å². The van der Waals surface area contributed by atoms with Gasteiger partial charge in [-0.15, -0.1) is 0 Å². The van der Waals surface area contributed by atoms with Crippen LogP contribution in [0.2, 0.25) is 5.02 Å². The number of allylic oxidation sites excluding steroid dienone is 2. The number of carbonyl (C=O) groups is 3. The van der Waals surface area contributed by atoms with Gasteiger partial charge in [0, 0.05) is 5.69 Å². The summed E-state index contributed by atoms with van der Waals surface area (Å²) in [5.74, 6) is -4.04. The molecule has 2 bridgehead atoms. The molecule has 0 heterocycles. The monoisotopic (exact) mass is 335 g/mol. The molecule has 1 aromatic rings. The third-order valence-electron chi connectivity index (χ3n) is 4.51. The van der Waals surface area contributed by atoms with Gasteiger partial charge in [0.05, 0.1) is 22.4 Å². The zero-order valence-electron chi connectivity index (χ0n) is 11.9. The number of anilines is 1. The minimum absolute atomic E-state index is 0.0120. The van der Waals surface area contributed by atoms with Crippen molar-refractivity contribution < 1.29 is 24.6 Å². The first-order valence-corrected chi connectivity index (χ1v) is 7.51. The molecule has 4 atom stereocenters. The minimum atomic E-state index is -1.16. The summed E-state index contributed by atoms with van der Waals surface area (Å²) in [6.45, 7) is 0. The first kappa shape index (κ1) is 15.6. The van der Waals surface area contributed by atoms with Crippen LogP contribution in [0.5, 0.6) is 0 Å². The van der Waals surface area contributed by atoms with Crippen LogP contribution in [-0.4, -0.2) is 28.1 Å². The van der Waals surface area contributed by atoms with Crippen molar-refractivity contribution >= 4 is 35.1 Å². The van der Waals surface area contributed by atoms with E-state index in [1.165, 1.54) is 18.2 Å². The summed E-state index contributed by atoms with van der Waals surface area (Å²) in [5.41, 5.74) is 0.289. The first-order chi connectivity index (χ1) is 10.9. The second-order valence-electron chi connectivity index (χ2n) is 5.83. The van der Waals surface area contributed by atoms with Crippen molar-refractivity contribution in [3.8, 4) is 0 Å². The molecule has 3 rings (SSSR count). The second kappa shape index (κ2) is 5.70. The highest BCUT2D eigenvalue weighted by atomic mass is 35.5. The van der Waals surface area contributed by atoms with Crippen LogP contribution in [0, 0.1) is 23.7 Å². The topological polar surface area (TPSA) is 104 Å². The fourth-order valence-corrected chi connectivity index (χ4v) is 3.77. The van der Waals surface area contributed by atoms with E-state index in [0.717, 1.165) is 0 Å². The van der Waals surface area contributed by atoms with Gasteiger partial charge >= 0.3 is 11.9 Å². The molecule has 0 radical (unpaired) electrons. The Morgan fingerprint density at radius 2 is 1.74 bits per heavy atom.